The van der Waals surface area contributed by atoms with Crippen molar-refractivity contribution in [1.29, 1.82) is 0 Å². The normalized spacial score (nSPS) is 19.9. The SMILES string of the molecule is Cc1cc(N2CCNCC2(C)C)nc(C)n1. The van der Waals surface area contributed by atoms with Crippen LogP contribution in [0, 0.1) is 13.8 Å². The second-order valence-electron chi connectivity index (χ2n) is 5.06. The summed E-state index contributed by atoms with van der Waals surface area (Å²) in [4.78, 5) is 11.2. The minimum Gasteiger partial charge on any atom is -0.349 e. The molecule has 1 N–H and O–H groups in total. The molecule has 88 valence electrons. The maximum atomic E-state index is 4.54. The predicted octanol–water partition coefficient (Wildman–Crippen LogP) is 1.28. The minimum absolute atomic E-state index is 0.117. The highest BCUT2D eigenvalue weighted by molar-refractivity contribution is 5.43. The van der Waals surface area contributed by atoms with E-state index in [-0.39, 0.29) is 5.54 Å². The average molecular weight is 220 g/mol. The Labute approximate surface area is 97.1 Å². The molecule has 4 nitrogen and oxygen atoms in total. The Morgan fingerprint density at radius 3 is 2.69 bits per heavy atom. The van der Waals surface area contributed by atoms with Gasteiger partial charge in [-0.3, -0.25) is 0 Å². The smallest absolute Gasteiger partial charge is 0.133 e. The molecule has 0 amide bonds. The fraction of sp³-hybridized carbons (Fsp3) is 0.667. The van der Waals surface area contributed by atoms with Crippen LogP contribution in [0.3, 0.4) is 0 Å². The van der Waals surface area contributed by atoms with Gasteiger partial charge in [0.25, 0.3) is 0 Å². The summed E-state index contributed by atoms with van der Waals surface area (Å²) in [5, 5.41) is 3.42. The maximum Gasteiger partial charge on any atom is 0.133 e. The molecule has 0 radical (unpaired) electrons. The molecule has 0 saturated carbocycles. The Bertz CT molecular complexity index is 366. The molecule has 0 atom stereocenters. The summed E-state index contributed by atoms with van der Waals surface area (Å²) < 4.78 is 0. The van der Waals surface area contributed by atoms with Crippen LogP contribution in [0.25, 0.3) is 0 Å². The van der Waals surface area contributed by atoms with Gasteiger partial charge < -0.3 is 10.2 Å². The summed E-state index contributed by atoms with van der Waals surface area (Å²) in [6, 6.07) is 2.07. The molecule has 0 aromatic carbocycles. The molecule has 0 aliphatic carbocycles. The number of aromatic nitrogens is 2. The summed E-state index contributed by atoms with van der Waals surface area (Å²) in [6.07, 6.45) is 0. The van der Waals surface area contributed by atoms with E-state index < -0.39 is 0 Å². The first-order valence-corrected chi connectivity index (χ1v) is 5.80. The summed E-state index contributed by atoms with van der Waals surface area (Å²) in [5.74, 6) is 1.90. The van der Waals surface area contributed by atoms with E-state index in [1.54, 1.807) is 0 Å². The van der Waals surface area contributed by atoms with E-state index in [1.807, 2.05) is 13.8 Å². The van der Waals surface area contributed by atoms with Crippen LogP contribution in [0.1, 0.15) is 25.4 Å². The van der Waals surface area contributed by atoms with Crippen molar-refractivity contribution < 1.29 is 0 Å². The molecular formula is C12H20N4. The van der Waals surface area contributed by atoms with Gasteiger partial charge in [-0.05, 0) is 27.7 Å². The third-order valence-electron chi connectivity index (χ3n) is 3.03. The molecule has 0 spiro atoms. The first-order valence-electron chi connectivity index (χ1n) is 5.80. The average Bonchev–Trinajstić information content (AvgIpc) is 2.15. The molecule has 1 fully saturated rings. The minimum atomic E-state index is 0.117. The van der Waals surface area contributed by atoms with Crippen molar-refractivity contribution in [2.45, 2.75) is 33.2 Å². The zero-order chi connectivity index (χ0) is 11.8. The van der Waals surface area contributed by atoms with Crippen LogP contribution in [-0.4, -0.2) is 35.1 Å². The van der Waals surface area contributed by atoms with Crippen molar-refractivity contribution in [2.24, 2.45) is 0 Å². The van der Waals surface area contributed by atoms with Crippen molar-refractivity contribution in [3.05, 3.63) is 17.6 Å². The van der Waals surface area contributed by atoms with E-state index in [4.69, 9.17) is 0 Å². The molecule has 16 heavy (non-hydrogen) atoms. The summed E-state index contributed by atoms with van der Waals surface area (Å²) in [7, 11) is 0. The van der Waals surface area contributed by atoms with E-state index in [2.05, 4.69) is 40.1 Å². The van der Waals surface area contributed by atoms with Crippen LogP contribution >= 0.6 is 0 Å². The van der Waals surface area contributed by atoms with Crippen molar-refractivity contribution in [3.63, 3.8) is 0 Å². The molecular weight excluding hydrogens is 200 g/mol. The third kappa shape index (κ3) is 2.16. The van der Waals surface area contributed by atoms with Crippen molar-refractivity contribution >= 4 is 5.82 Å². The van der Waals surface area contributed by atoms with E-state index >= 15 is 0 Å². The standard InChI is InChI=1S/C12H20N4/c1-9-7-11(15-10(2)14-9)16-6-5-13-8-12(16,3)4/h7,13H,5-6,8H2,1-4H3. The predicted molar refractivity (Wildman–Crippen MR) is 65.8 cm³/mol. The Balaban J connectivity index is 2.34. The highest BCUT2D eigenvalue weighted by Crippen LogP contribution is 2.23. The molecule has 1 saturated heterocycles. The molecule has 0 bridgehead atoms. The Kier molecular flexibility index (Phi) is 2.84. The summed E-state index contributed by atoms with van der Waals surface area (Å²) >= 11 is 0. The van der Waals surface area contributed by atoms with Gasteiger partial charge in [-0.15, -0.1) is 0 Å². The van der Waals surface area contributed by atoms with Gasteiger partial charge in [0.05, 0.1) is 0 Å². The van der Waals surface area contributed by atoms with Gasteiger partial charge >= 0.3 is 0 Å². The molecule has 4 heteroatoms. The fourth-order valence-corrected chi connectivity index (χ4v) is 2.24. The third-order valence-corrected chi connectivity index (χ3v) is 3.03. The van der Waals surface area contributed by atoms with Crippen LogP contribution in [0.2, 0.25) is 0 Å². The number of hydrogen-bond acceptors (Lipinski definition) is 4. The van der Waals surface area contributed by atoms with Gasteiger partial charge in [0.1, 0.15) is 11.6 Å². The Hall–Kier alpha value is -1.16. The number of piperazine rings is 1. The lowest BCUT2D eigenvalue weighted by molar-refractivity contribution is 0.377. The van der Waals surface area contributed by atoms with Crippen molar-refractivity contribution in [1.82, 2.24) is 15.3 Å². The molecule has 1 aliphatic heterocycles. The Morgan fingerprint density at radius 2 is 2.06 bits per heavy atom. The number of aryl methyl sites for hydroxylation is 2. The van der Waals surface area contributed by atoms with Gasteiger partial charge in [-0.25, -0.2) is 9.97 Å². The van der Waals surface area contributed by atoms with Crippen molar-refractivity contribution in [2.75, 3.05) is 24.5 Å². The molecule has 2 rings (SSSR count). The molecule has 1 aromatic heterocycles. The maximum absolute atomic E-state index is 4.54. The van der Waals surface area contributed by atoms with Crippen LogP contribution in [0.5, 0.6) is 0 Å². The van der Waals surface area contributed by atoms with Crippen LogP contribution in [-0.2, 0) is 0 Å². The second kappa shape index (κ2) is 4.01. The fourth-order valence-electron chi connectivity index (χ4n) is 2.24. The van der Waals surface area contributed by atoms with Crippen LogP contribution in [0.4, 0.5) is 5.82 Å². The number of nitrogens with one attached hydrogen (secondary N) is 1. The van der Waals surface area contributed by atoms with Gasteiger partial charge in [-0.2, -0.15) is 0 Å². The highest BCUT2D eigenvalue weighted by atomic mass is 15.3. The van der Waals surface area contributed by atoms with E-state index in [9.17, 15) is 0 Å². The number of rotatable bonds is 1. The lowest BCUT2D eigenvalue weighted by Crippen LogP contribution is -2.58. The quantitative estimate of drug-likeness (QED) is 0.774. The van der Waals surface area contributed by atoms with E-state index in [0.29, 0.717) is 0 Å². The van der Waals surface area contributed by atoms with Crippen LogP contribution < -0.4 is 10.2 Å². The molecule has 1 aliphatic rings. The second-order valence-corrected chi connectivity index (χ2v) is 5.06. The summed E-state index contributed by atoms with van der Waals surface area (Å²) in [5.41, 5.74) is 1.16. The lowest BCUT2D eigenvalue weighted by Gasteiger charge is -2.43. The highest BCUT2D eigenvalue weighted by Gasteiger charge is 2.30. The Morgan fingerprint density at radius 1 is 1.31 bits per heavy atom. The number of nitrogens with zero attached hydrogens (tertiary/aromatic N) is 3. The first kappa shape index (κ1) is 11.3. The van der Waals surface area contributed by atoms with Crippen molar-refractivity contribution in [3.8, 4) is 0 Å². The zero-order valence-corrected chi connectivity index (χ0v) is 10.5. The van der Waals surface area contributed by atoms with Gasteiger partial charge in [0, 0.05) is 36.9 Å². The zero-order valence-electron chi connectivity index (χ0n) is 10.5. The first-order chi connectivity index (χ1) is 7.49. The van der Waals surface area contributed by atoms with Crippen LogP contribution in [0.15, 0.2) is 6.07 Å². The lowest BCUT2D eigenvalue weighted by atomic mass is 10.0. The van der Waals surface area contributed by atoms with Gasteiger partial charge in [0.2, 0.25) is 0 Å². The molecule has 1 aromatic rings. The summed E-state index contributed by atoms with van der Waals surface area (Å²) in [6.45, 7) is 11.5. The van der Waals surface area contributed by atoms with Gasteiger partial charge in [0.15, 0.2) is 0 Å². The topological polar surface area (TPSA) is 41.0 Å². The number of hydrogen-bond donors (Lipinski definition) is 1. The monoisotopic (exact) mass is 220 g/mol. The van der Waals surface area contributed by atoms with E-state index in [1.165, 1.54) is 0 Å². The molecule has 2 heterocycles. The van der Waals surface area contributed by atoms with Gasteiger partial charge in [-0.1, -0.05) is 0 Å². The van der Waals surface area contributed by atoms with E-state index in [0.717, 1.165) is 37.0 Å². The molecule has 0 unspecified atom stereocenters. The number of anilines is 1. The largest absolute Gasteiger partial charge is 0.349 e.